The number of rotatable bonds is 4. The third-order valence-corrected chi connectivity index (χ3v) is 2.96. The van der Waals surface area contributed by atoms with Crippen molar-refractivity contribution in [3.63, 3.8) is 0 Å². The third kappa shape index (κ3) is 3.63. The zero-order valence-electron chi connectivity index (χ0n) is 8.92. The lowest BCUT2D eigenvalue weighted by Gasteiger charge is -2.31. The fourth-order valence-electron chi connectivity index (χ4n) is 1.84. The van der Waals surface area contributed by atoms with Crippen LogP contribution in [0.3, 0.4) is 0 Å². The highest BCUT2D eigenvalue weighted by Gasteiger charge is 2.16. The van der Waals surface area contributed by atoms with E-state index in [0.29, 0.717) is 12.0 Å². The number of piperazine rings is 1. The van der Waals surface area contributed by atoms with Crippen molar-refractivity contribution in [1.82, 2.24) is 10.2 Å². The van der Waals surface area contributed by atoms with E-state index in [1.54, 1.807) is 0 Å². The Kier molecular flexibility index (Phi) is 4.70. The normalized spacial score (nSPS) is 24.2. The van der Waals surface area contributed by atoms with Gasteiger partial charge in [0.2, 0.25) is 0 Å². The largest absolute Gasteiger partial charge is 0.327 e. The van der Waals surface area contributed by atoms with E-state index >= 15 is 0 Å². The first-order valence-electron chi connectivity index (χ1n) is 5.42. The van der Waals surface area contributed by atoms with Crippen LogP contribution in [0.25, 0.3) is 0 Å². The van der Waals surface area contributed by atoms with Crippen molar-refractivity contribution >= 4 is 0 Å². The van der Waals surface area contributed by atoms with Gasteiger partial charge in [-0.25, -0.2) is 0 Å². The van der Waals surface area contributed by atoms with Gasteiger partial charge < -0.3 is 16.0 Å². The Morgan fingerprint density at radius 3 is 2.54 bits per heavy atom. The molecule has 2 unspecified atom stereocenters. The van der Waals surface area contributed by atoms with Gasteiger partial charge in [0.1, 0.15) is 0 Å². The highest BCUT2D eigenvalue weighted by atomic mass is 15.2. The van der Waals surface area contributed by atoms with E-state index in [0.717, 1.165) is 26.1 Å². The molecule has 0 aromatic heterocycles. The topological polar surface area (TPSA) is 41.3 Å². The summed E-state index contributed by atoms with van der Waals surface area (Å²) in [5.41, 5.74) is 5.99. The Hall–Kier alpha value is -0.120. The number of nitrogens with two attached hydrogens (primary N) is 1. The minimum absolute atomic E-state index is 0.370. The van der Waals surface area contributed by atoms with Gasteiger partial charge in [0.25, 0.3) is 0 Å². The second-order valence-electron chi connectivity index (χ2n) is 4.10. The Labute approximate surface area is 81.7 Å². The fraction of sp³-hybridized carbons (Fsp3) is 1.00. The minimum Gasteiger partial charge on any atom is -0.327 e. The first-order chi connectivity index (χ1) is 6.24. The lowest BCUT2D eigenvalue weighted by Crippen LogP contribution is -2.47. The monoisotopic (exact) mass is 185 g/mol. The van der Waals surface area contributed by atoms with E-state index in [9.17, 15) is 0 Å². The van der Waals surface area contributed by atoms with Crippen LogP contribution in [-0.4, -0.2) is 43.7 Å². The Bertz CT molecular complexity index is 132. The lowest BCUT2D eigenvalue weighted by atomic mass is 10.00. The molecule has 1 aliphatic heterocycles. The van der Waals surface area contributed by atoms with Gasteiger partial charge in [-0.3, -0.25) is 0 Å². The molecule has 3 N–H and O–H groups in total. The summed E-state index contributed by atoms with van der Waals surface area (Å²) in [7, 11) is 0. The van der Waals surface area contributed by atoms with Gasteiger partial charge in [0.15, 0.2) is 0 Å². The Morgan fingerprint density at radius 1 is 1.38 bits per heavy atom. The molecule has 0 radical (unpaired) electrons. The standard InChI is InChI=1S/C10H23N3/c1-3-10(11)9(2)8-13-6-4-12-5-7-13/h9-10,12H,3-8,11H2,1-2H3. The first kappa shape index (κ1) is 11.0. The fourth-order valence-corrected chi connectivity index (χ4v) is 1.84. The highest BCUT2D eigenvalue weighted by Crippen LogP contribution is 2.07. The summed E-state index contributed by atoms with van der Waals surface area (Å²) in [5.74, 6) is 0.628. The summed E-state index contributed by atoms with van der Waals surface area (Å²) in [5, 5.41) is 3.36. The van der Waals surface area contributed by atoms with Gasteiger partial charge in [0.05, 0.1) is 0 Å². The zero-order valence-corrected chi connectivity index (χ0v) is 8.92. The number of nitrogens with one attached hydrogen (secondary N) is 1. The van der Waals surface area contributed by atoms with Crippen LogP contribution in [0, 0.1) is 5.92 Å². The van der Waals surface area contributed by atoms with Gasteiger partial charge in [-0.05, 0) is 12.3 Å². The number of hydrogen-bond donors (Lipinski definition) is 2. The van der Waals surface area contributed by atoms with Crippen LogP contribution in [0.5, 0.6) is 0 Å². The van der Waals surface area contributed by atoms with Gasteiger partial charge in [-0.2, -0.15) is 0 Å². The van der Waals surface area contributed by atoms with E-state index in [-0.39, 0.29) is 0 Å². The average Bonchev–Trinajstić information content (AvgIpc) is 2.18. The molecule has 1 fully saturated rings. The molecule has 3 nitrogen and oxygen atoms in total. The molecule has 1 rings (SSSR count). The molecule has 0 aromatic rings. The molecule has 0 amide bonds. The lowest BCUT2D eigenvalue weighted by molar-refractivity contribution is 0.198. The molecule has 1 aliphatic rings. The second kappa shape index (κ2) is 5.58. The maximum Gasteiger partial charge on any atom is 0.0107 e. The third-order valence-electron chi connectivity index (χ3n) is 2.96. The molecule has 0 aliphatic carbocycles. The van der Waals surface area contributed by atoms with Gasteiger partial charge in [0, 0.05) is 38.8 Å². The van der Waals surface area contributed by atoms with Crippen LogP contribution in [-0.2, 0) is 0 Å². The summed E-state index contributed by atoms with van der Waals surface area (Å²) in [6.45, 7) is 10.2. The molecule has 1 heterocycles. The predicted molar refractivity (Wildman–Crippen MR) is 56.7 cm³/mol. The van der Waals surface area contributed by atoms with Gasteiger partial charge >= 0.3 is 0 Å². The summed E-state index contributed by atoms with van der Waals surface area (Å²) in [4.78, 5) is 2.51. The van der Waals surface area contributed by atoms with Crippen molar-refractivity contribution in [1.29, 1.82) is 0 Å². The molecule has 2 atom stereocenters. The van der Waals surface area contributed by atoms with Crippen molar-refractivity contribution in [2.75, 3.05) is 32.7 Å². The van der Waals surface area contributed by atoms with Crippen LogP contribution < -0.4 is 11.1 Å². The maximum atomic E-state index is 5.99. The summed E-state index contributed by atoms with van der Waals surface area (Å²) < 4.78 is 0. The Balaban J connectivity index is 2.21. The number of nitrogens with zero attached hydrogens (tertiary/aromatic N) is 1. The quantitative estimate of drug-likeness (QED) is 0.660. The van der Waals surface area contributed by atoms with E-state index in [4.69, 9.17) is 5.73 Å². The molecule has 13 heavy (non-hydrogen) atoms. The molecule has 0 bridgehead atoms. The Morgan fingerprint density at radius 2 is 2.00 bits per heavy atom. The van der Waals surface area contributed by atoms with Gasteiger partial charge in [-0.1, -0.05) is 13.8 Å². The van der Waals surface area contributed by atoms with Crippen molar-refractivity contribution in [3.8, 4) is 0 Å². The van der Waals surface area contributed by atoms with Crippen LogP contribution in [0.15, 0.2) is 0 Å². The molecule has 0 aromatic carbocycles. The van der Waals surface area contributed by atoms with Crippen molar-refractivity contribution in [2.24, 2.45) is 11.7 Å². The molecule has 1 saturated heterocycles. The van der Waals surface area contributed by atoms with E-state index in [1.165, 1.54) is 13.1 Å². The summed E-state index contributed by atoms with van der Waals surface area (Å²) in [6, 6.07) is 0.370. The molecule has 3 heteroatoms. The van der Waals surface area contributed by atoms with Crippen LogP contribution in [0.2, 0.25) is 0 Å². The first-order valence-corrected chi connectivity index (χ1v) is 5.42. The minimum atomic E-state index is 0.370. The van der Waals surface area contributed by atoms with Crippen molar-refractivity contribution in [3.05, 3.63) is 0 Å². The van der Waals surface area contributed by atoms with E-state index in [1.807, 2.05) is 0 Å². The predicted octanol–water partition coefficient (Wildman–Crippen LogP) is 0.265. The van der Waals surface area contributed by atoms with Crippen molar-refractivity contribution < 1.29 is 0 Å². The van der Waals surface area contributed by atoms with Crippen LogP contribution in [0.1, 0.15) is 20.3 Å². The smallest absolute Gasteiger partial charge is 0.0107 e. The molecular formula is C10H23N3. The van der Waals surface area contributed by atoms with Crippen LogP contribution >= 0.6 is 0 Å². The summed E-state index contributed by atoms with van der Waals surface area (Å²) >= 11 is 0. The van der Waals surface area contributed by atoms with Crippen molar-refractivity contribution in [2.45, 2.75) is 26.3 Å². The molecule has 78 valence electrons. The SMILES string of the molecule is CCC(N)C(C)CN1CCNCC1. The summed E-state index contributed by atoms with van der Waals surface area (Å²) in [6.07, 6.45) is 1.09. The number of hydrogen-bond acceptors (Lipinski definition) is 3. The van der Waals surface area contributed by atoms with Gasteiger partial charge in [-0.15, -0.1) is 0 Å². The average molecular weight is 185 g/mol. The zero-order chi connectivity index (χ0) is 9.68. The molecule has 0 saturated carbocycles. The molecule has 0 spiro atoms. The maximum absolute atomic E-state index is 5.99. The highest BCUT2D eigenvalue weighted by molar-refractivity contribution is 4.74. The van der Waals surface area contributed by atoms with Crippen LogP contribution in [0.4, 0.5) is 0 Å². The molecular weight excluding hydrogens is 162 g/mol. The van der Waals surface area contributed by atoms with E-state index in [2.05, 4.69) is 24.1 Å². The second-order valence-corrected chi connectivity index (χ2v) is 4.10. The van der Waals surface area contributed by atoms with E-state index < -0.39 is 0 Å².